The molecule has 1 saturated carbocycles. The van der Waals surface area contributed by atoms with E-state index in [1.807, 2.05) is 17.0 Å². The van der Waals surface area contributed by atoms with Crippen LogP contribution in [0.15, 0.2) is 24.3 Å². The summed E-state index contributed by atoms with van der Waals surface area (Å²) in [6, 6.07) is 7.92. The number of carbonyl (C=O) groups excluding carboxylic acids is 3. The van der Waals surface area contributed by atoms with Crippen molar-refractivity contribution >= 4 is 17.7 Å². The molecule has 1 N–H and O–H groups in total. The molecule has 0 radical (unpaired) electrons. The zero-order valence-electron chi connectivity index (χ0n) is 17.8. The molecule has 2 aliphatic heterocycles. The highest BCUT2D eigenvalue weighted by Crippen LogP contribution is 2.32. The Bertz CT molecular complexity index is 764. The summed E-state index contributed by atoms with van der Waals surface area (Å²) in [4.78, 5) is 40.0. The van der Waals surface area contributed by atoms with Crippen LogP contribution in [0.4, 0.5) is 0 Å². The average Bonchev–Trinajstić information content (AvgIpc) is 3.54. The minimum atomic E-state index is -0.0544. The van der Waals surface area contributed by atoms with E-state index in [2.05, 4.69) is 22.3 Å². The first-order valence-electron chi connectivity index (χ1n) is 11.5. The summed E-state index contributed by atoms with van der Waals surface area (Å²) >= 11 is 0. The van der Waals surface area contributed by atoms with Crippen LogP contribution in [0.25, 0.3) is 0 Å². The third-order valence-corrected chi connectivity index (χ3v) is 6.66. The van der Waals surface area contributed by atoms with Crippen LogP contribution in [0.5, 0.6) is 0 Å². The van der Waals surface area contributed by atoms with E-state index in [0.717, 1.165) is 71.1 Å². The summed E-state index contributed by atoms with van der Waals surface area (Å²) in [6.07, 6.45) is 7.72. The van der Waals surface area contributed by atoms with Gasteiger partial charge >= 0.3 is 0 Å². The Morgan fingerprint density at radius 3 is 2.37 bits per heavy atom. The SMILES string of the molecule is O=C(NCCCN1CCCC1=O)c1ccc(CC2CCN(C(=O)C3CC3)CC2)cc1. The molecule has 4 rings (SSSR count). The van der Waals surface area contributed by atoms with E-state index in [1.165, 1.54) is 5.56 Å². The molecule has 0 atom stereocenters. The molecule has 6 nitrogen and oxygen atoms in total. The molecule has 3 amide bonds. The van der Waals surface area contributed by atoms with Crippen LogP contribution >= 0.6 is 0 Å². The van der Waals surface area contributed by atoms with Gasteiger partial charge in [0.25, 0.3) is 5.91 Å². The summed E-state index contributed by atoms with van der Waals surface area (Å²) in [6.45, 7) is 3.95. The second kappa shape index (κ2) is 9.63. The maximum absolute atomic E-state index is 12.3. The van der Waals surface area contributed by atoms with Gasteiger partial charge in [0.1, 0.15) is 0 Å². The van der Waals surface area contributed by atoms with Crippen LogP contribution in [-0.2, 0) is 16.0 Å². The molecule has 2 saturated heterocycles. The first kappa shape index (κ1) is 20.9. The lowest BCUT2D eigenvalue weighted by Gasteiger charge is -2.32. The van der Waals surface area contributed by atoms with E-state index < -0.39 is 0 Å². The lowest BCUT2D eigenvalue weighted by atomic mass is 9.89. The molecule has 2 heterocycles. The predicted molar refractivity (Wildman–Crippen MR) is 115 cm³/mol. The fourth-order valence-electron chi connectivity index (χ4n) is 4.59. The van der Waals surface area contributed by atoms with Crippen molar-refractivity contribution in [3.05, 3.63) is 35.4 Å². The van der Waals surface area contributed by atoms with Crippen molar-refractivity contribution in [1.29, 1.82) is 0 Å². The summed E-state index contributed by atoms with van der Waals surface area (Å²) in [5, 5.41) is 2.95. The lowest BCUT2D eigenvalue weighted by Crippen LogP contribution is -2.39. The first-order chi connectivity index (χ1) is 14.6. The van der Waals surface area contributed by atoms with Gasteiger partial charge in [-0.15, -0.1) is 0 Å². The van der Waals surface area contributed by atoms with Gasteiger partial charge < -0.3 is 15.1 Å². The monoisotopic (exact) mass is 411 g/mol. The molecule has 1 aromatic rings. The number of hydrogen-bond donors (Lipinski definition) is 1. The van der Waals surface area contributed by atoms with Gasteiger partial charge in [-0.1, -0.05) is 12.1 Å². The maximum atomic E-state index is 12.3. The largest absolute Gasteiger partial charge is 0.352 e. The van der Waals surface area contributed by atoms with Gasteiger partial charge in [0.15, 0.2) is 0 Å². The van der Waals surface area contributed by atoms with Crippen LogP contribution < -0.4 is 5.32 Å². The zero-order valence-corrected chi connectivity index (χ0v) is 17.8. The van der Waals surface area contributed by atoms with E-state index >= 15 is 0 Å². The zero-order chi connectivity index (χ0) is 20.9. The summed E-state index contributed by atoms with van der Waals surface area (Å²) < 4.78 is 0. The normalized spacial score (nSPS) is 19.9. The van der Waals surface area contributed by atoms with E-state index in [4.69, 9.17) is 0 Å². The van der Waals surface area contributed by atoms with Crippen LogP contribution in [0, 0.1) is 11.8 Å². The van der Waals surface area contributed by atoms with Gasteiger partial charge in [0.05, 0.1) is 0 Å². The van der Waals surface area contributed by atoms with E-state index in [9.17, 15) is 14.4 Å². The maximum Gasteiger partial charge on any atom is 0.251 e. The van der Waals surface area contributed by atoms with Crippen molar-refractivity contribution in [3.8, 4) is 0 Å². The molecule has 1 aliphatic carbocycles. The van der Waals surface area contributed by atoms with E-state index in [-0.39, 0.29) is 11.8 Å². The second-order valence-electron chi connectivity index (χ2n) is 9.04. The van der Waals surface area contributed by atoms with Crippen molar-refractivity contribution in [3.63, 3.8) is 0 Å². The first-order valence-corrected chi connectivity index (χ1v) is 11.5. The fourth-order valence-corrected chi connectivity index (χ4v) is 4.59. The van der Waals surface area contributed by atoms with Crippen LogP contribution in [0.1, 0.15) is 60.9 Å². The molecular weight excluding hydrogens is 378 g/mol. The molecule has 162 valence electrons. The number of amides is 3. The standard InChI is InChI=1S/C24H33N3O3/c28-22-3-1-13-26(22)14-2-12-25-23(29)20-6-4-18(5-7-20)17-19-10-15-27(16-11-19)24(30)21-8-9-21/h4-7,19,21H,1-3,8-17H2,(H,25,29). The van der Waals surface area contributed by atoms with E-state index in [1.54, 1.807) is 0 Å². The van der Waals surface area contributed by atoms with Crippen LogP contribution in [0.3, 0.4) is 0 Å². The number of likely N-dealkylation sites (tertiary alicyclic amines) is 2. The van der Waals surface area contributed by atoms with Crippen molar-refractivity contribution in [2.45, 2.75) is 51.4 Å². The Hall–Kier alpha value is -2.37. The van der Waals surface area contributed by atoms with Gasteiger partial charge in [-0.05, 0) is 68.6 Å². The third-order valence-electron chi connectivity index (χ3n) is 6.66. The summed E-state index contributed by atoms with van der Waals surface area (Å²) in [5.74, 6) is 1.48. The highest BCUT2D eigenvalue weighted by atomic mass is 16.2. The third kappa shape index (κ3) is 5.41. The number of benzene rings is 1. The highest BCUT2D eigenvalue weighted by molar-refractivity contribution is 5.94. The molecule has 0 unspecified atom stereocenters. The predicted octanol–water partition coefficient (Wildman–Crippen LogP) is 2.62. The number of nitrogens with one attached hydrogen (secondary N) is 1. The number of carbonyl (C=O) groups is 3. The number of nitrogens with zero attached hydrogens (tertiary/aromatic N) is 2. The smallest absolute Gasteiger partial charge is 0.251 e. The Kier molecular flexibility index (Phi) is 6.70. The number of rotatable bonds is 8. The van der Waals surface area contributed by atoms with Crippen molar-refractivity contribution in [2.24, 2.45) is 11.8 Å². The van der Waals surface area contributed by atoms with Crippen LogP contribution in [0.2, 0.25) is 0 Å². The molecule has 3 fully saturated rings. The van der Waals surface area contributed by atoms with Gasteiger partial charge in [-0.3, -0.25) is 14.4 Å². The topological polar surface area (TPSA) is 69.7 Å². The lowest BCUT2D eigenvalue weighted by molar-refractivity contribution is -0.134. The molecular formula is C24H33N3O3. The molecule has 0 bridgehead atoms. The molecule has 1 aromatic carbocycles. The van der Waals surface area contributed by atoms with Gasteiger partial charge in [0.2, 0.25) is 11.8 Å². The minimum absolute atomic E-state index is 0.0544. The highest BCUT2D eigenvalue weighted by Gasteiger charge is 2.34. The quantitative estimate of drug-likeness (QED) is 0.669. The van der Waals surface area contributed by atoms with Crippen molar-refractivity contribution < 1.29 is 14.4 Å². The fraction of sp³-hybridized carbons (Fsp3) is 0.625. The Labute approximate surface area is 179 Å². The Morgan fingerprint density at radius 1 is 1.00 bits per heavy atom. The van der Waals surface area contributed by atoms with E-state index in [0.29, 0.717) is 36.3 Å². The molecule has 3 aliphatic rings. The Morgan fingerprint density at radius 2 is 1.73 bits per heavy atom. The Balaban J connectivity index is 1.16. The average molecular weight is 412 g/mol. The molecule has 0 aromatic heterocycles. The van der Waals surface area contributed by atoms with Crippen molar-refractivity contribution in [1.82, 2.24) is 15.1 Å². The number of piperidine rings is 1. The number of hydrogen-bond acceptors (Lipinski definition) is 3. The second-order valence-corrected chi connectivity index (χ2v) is 9.04. The van der Waals surface area contributed by atoms with Crippen LogP contribution in [-0.4, -0.2) is 60.2 Å². The molecule has 30 heavy (non-hydrogen) atoms. The van der Waals surface area contributed by atoms with Gasteiger partial charge in [-0.2, -0.15) is 0 Å². The minimum Gasteiger partial charge on any atom is -0.352 e. The van der Waals surface area contributed by atoms with Gasteiger partial charge in [-0.25, -0.2) is 0 Å². The van der Waals surface area contributed by atoms with Crippen molar-refractivity contribution in [2.75, 3.05) is 32.7 Å². The molecule has 6 heteroatoms. The summed E-state index contributed by atoms with van der Waals surface area (Å²) in [7, 11) is 0. The summed E-state index contributed by atoms with van der Waals surface area (Å²) in [5.41, 5.74) is 1.94. The van der Waals surface area contributed by atoms with Gasteiger partial charge in [0, 0.05) is 50.6 Å². The molecule has 0 spiro atoms.